The summed E-state index contributed by atoms with van der Waals surface area (Å²) in [5.41, 5.74) is 5.22. The Hall–Kier alpha value is -1.20. The van der Waals surface area contributed by atoms with Crippen LogP contribution in [-0.2, 0) is 0 Å². The molecule has 0 atom stereocenters. The van der Waals surface area contributed by atoms with Gasteiger partial charge >= 0.3 is 0 Å². The molecule has 0 unspecified atom stereocenters. The maximum atomic E-state index is 12.6. The summed E-state index contributed by atoms with van der Waals surface area (Å²) in [6.07, 6.45) is 1.03. The van der Waals surface area contributed by atoms with Gasteiger partial charge in [-0.1, -0.05) is 13.8 Å². The van der Waals surface area contributed by atoms with Crippen molar-refractivity contribution in [3.05, 3.63) is 29.3 Å². The number of carbonyl (C=O) groups excluding carboxylic acids is 1. The number of anilines is 1. The molecule has 0 radical (unpaired) electrons. The number of benzene rings is 1. The van der Waals surface area contributed by atoms with Crippen LogP contribution >= 0.6 is 11.8 Å². The first-order valence-electron chi connectivity index (χ1n) is 6.93. The first kappa shape index (κ1) is 15.2. The van der Waals surface area contributed by atoms with Crippen LogP contribution in [0.25, 0.3) is 0 Å². The van der Waals surface area contributed by atoms with Crippen molar-refractivity contribution in [3.8, 4) is 0 Å². The minimum absolute atomic E-state index is 0.120. The van der Waals surface area contributed by atoms with Crippen molar-refractivity contribution < 1.29 is 4.79 Å². The van der Waals surface area contributed by atoms with E-state index in [4.69, 9.17) is 5.84 Å². The Balaban J connectivity index is 2.13. The number of rotatable bonds is 2. The highest BCUT2D eigenvalue weighted by atomic mass is 32.2. The number of carbonyl (C=O) groups is 1. The molecule has 5 heteroatoms. The predicted octanol–water partition coefficient (Wildman–Crippen LogP) is 2.64. The molecule has 1 aromatic rings. The Kier molecular flexibility index (Phi) is 4.60. The highest BCUT2D eigenvalue weighted by Crippen LogP contribution is 2.31. The van der Waals surface area contributed by atoms with Gasteiger partial charge in [-0.2, -0.15) is 11.8 Å². The summed E-state index contributed by atoms with van der Waals surface area (Å²) in [6, 6.07) is 5.60. The van der Waals surface area contributed by atoms with Crippen molar-refractivity contribution in [2.24, 2.45) is 5.84 Å². The Morgan fingerprint density at radius 3 is 2.80 bits per heavy atom. The standard InChI is InChI=1S/C15H23N3OS/c1-11-10-12(4-5-13(11)17-16)14(19)18-7-6-15(2,3)20-9-8-18/h4-5,10,17H,6-9,16H2,1-3H3. The van der Waals surface area contributed by atoms with E-state index in [0.717, 1.165) is 42.1 Å². The van der Waals surface area contributed by atoms with Crippen LogP contribution in [0.15, 0.2) is 18.2 Å². The van der Waals surface area contributed by atoms with Crippen LogP contribution in [0.3, 0.4) is 0 Å². The van der Waals surface area contributed by atoms with Gasteiger partial charge in [0.15, 0.2) is 0 Å². The number of thioether (sulfide) groups is 1. The number of nitrogens with two attached hydrogens (primary N) is 1. The van der Waals surface area contributed by atoms with Gasteiger partial charge in [0.2, 0.25) is 0 Å². The molecule has 0 saturated carbocycles. The molecule has 1 aromatic carbocycles. The summed E-state index contributed by atoms with van der Waals surface area (Å²) in [5, 5.41) is 0. The van der Waals surface area contributed by atoms with E-state index >= 15 is 0 Å². The molecular formula is C15H23N3OS. The van der Waals surface area contributed by atoms with Crippen LogP contribution in [0.1, 0.15) is 36.2 Å². The lowest BCUT2D eigenvalue weighted by molar-refractivity contribution is 0.0764. The Bertz CT molecular complexity index is 502. The average molecular weight is 293 g/mol. The highest BCUT2D eigenvalue weighted by molar-refractivity contribution is 8.00. The Labute approximate surface area is 125 Å². The van der Waals surface area contributed by atoms with Crippen LogP contribution in [-0.4, -0.2) is 34.4 Å². The molecule has 2 rings (SSSR count). The molecular weight excluding hydrogens is 270 g/mol. The van der Waals surface area contributed by atoms with Gasteiger partial charge in [0.25, 0.3) is 5.91 Å². The van der Waals surface area contributed by atoms with Gasteiger partial charge in [-0.25, -0.2) is 0 Å². The zero-order valence-corrected chi connectivity index (χ0v) is 13.2. The lowest BCUT2D eigenvalue weighted by Crippen LogP contribution is -2.33. The number of nitrogens with one attached hydrogen (secondary N) is 1. The third-order valence-electron chi connectivity index (χ3n) is 3.75. The van der Waals surface area contributed by atoms with Crippen LogP contribution in [0, 0.1) is 6.92 Å². The second kappa shape index (κ2) is 6.06. The van der Waals surface area contributed by atoms with Crippen molar-refractivity contribution in [1.82, 2.24) is 4.90 Å². The van der Waals surface area contributed by atoms with Gasteiger partial charge in [-0.15, -0.1) is 0 Å². The normalized spacial score (nSPS) is 18.5. The molecule has 110 valence electrons. The Morgan fingerprint density at radius 2 is 2.15 bits per heavy atom. The van der Waals surface area contributed by atoms with Crippen molar-refractivity contribution in [3.63, 3.8) is 0 Å². The molecule has 0 bridgehead atoms. The minimum Gasteiger partial charge on any atom is -0.338 e. The zero-order valence-electron chi connectivity index (χ0n) is 12.4. The Morgan fingerprint density at radius 1 is 1.40 bits per heavy atom. The van der Waals surface area contributed by atoms with Gasteiger partial charge in [-0.05, 0) is 37.1 Å². The van der Waals surface area contributed by atoms with Gasteiger partial charge in [-0.3, -0.25) is 10.6 Å². The number of nitrogen functional groups attached to an aromatic ring is 1. The largest absolute Gasteiger partial charge is 0.338 e. The van der Waals surface area contributed by atoms with Crippen molar-refractivity contribution in [2.45, 2.75) is 31.9 Å². The first-order chi connectivity index (χ1) is 9.43. The van der Waals surface area contributed by atoms with E-state index in [1.165, 1.54) is 0 Å². The summed E-state index contributed by atoms with van der Waals surface area (Å²) < 4.78 is 0.262. The topological polar surface area (TPSA) is 58.4 Å². The predicted molar refractivity (Wildman–Crippen MR) is 86.0 cm³/mol. The molecule has 1 amide bonds. The quantitative estimate of drug-likeness (QED) is 0.650. The molecule has 1 heterocycles. The van der Waals surface area contributed by atoms with Gasteiger partial charge in [0.1, 0.15) is 0 Å². The third kappa shape index (κ3) is 3.46. The number of amides is 1. The highest BCUT2D eigenvalue weighted by Gasteiger charge is 2.26. The van der Waals surface area contributed by atoms with E-state index in [2.05, 4.69) is 19.3 Å². The second-order valence-corrected chi connectivity index (χ2v) is 7.63. The number of aryl methyl sites for hydroxylation is 1. The number of nitrogens with zero attached hydrogens (tertiary/aromatic N) is 1. The molecule has 0 aromatic heterocycles. The smallest absolute Gasteiger partial charge is 0.253 e. The molecule has 1 aliphatic heterocycles. The molecule has 20 heavy (non-hydrogen) atoms. The number of hydrogen-bond acceptors (Lipinski definition) is 4. The third-order valence-corrected chi connectivity index (χ3v) is 5.13. The van der Waals surface area contributed by atoms with Crippen molar-refractivity contribution in [1.29, 1.82) is 0 Å². The lowest BCUT2D eigenvalue weighted by Gasteiger charge is -2.23. The van der Waals surface area contributed by atoms with Crippen LogP contribution in [0.5, 0.6) is 0 Å². The van der Waals surface area contributed by atoms with Crippen LogP contribution in [0.4, 0.5) is 5.69 Å². The first-order valence-corrected chi connectivity index (χ1v) is 7.92. The van der Waals surface area contributed by atoms with E-state index in [9.17, 15) is 4.79 Å². The van der Waals surface area contributed by atoms with Crippen LogP contribution in [0.2, 0.25) is 0 Å². The fourth-order valence-electron chi connectivity index (χ4n) is 2.36. The maximum Gasteiger partial charge on any atom is 0.253 e. The van der Waals surface area contributed by atoms with E-state index in [-0.39, 0.29) is 10.7 Å². The fourth-order valence-corrected chi connectivity index (χ4v) is 3.46. The lowest BCUT2D eigenvalue weighted by atomic mass is 10.1. The number of hydrazine groups is 1. The van der Waals surface area contributed by atoms with Crippen molar-refractivity contribution >= 4 is 23.4 Å². The summed E-state index contributed by atoms with van der Waals surface area (Å²) in [4.78, 5) is 14.5. The molecule has 3 N–H and O–H groups in total. The molecule has 0 spiro atoms. The van der Waals surface area contributed by atoms with Crippen molar-refractivity contribution in [2.75, 3.05) is 24.3 Å². The summed E-state index contributed by atoms with van der Waals surface area (Å²) in [5.74, 6) is 6.54. The SMILES string of the molecule is Cc1cc(C(=O)N2CCSC(C)(C)CC2)ccc1NN. The van der Waals surface area contributed by atoms with Crippen LogP contribution < -0.4 is 11.3 Å². The maximum absolute atomic E-state index is 12.6. The summed E-state index contributed by atoms with van der Waals surface area (Å²) >= 11 is 1.95. The summed E-state index contributed by atoms with van der Waals surface area (Å²) in [6.45, 7) is 8.10. The molecule has 1 fully saturated rings. The molecule has 1 aliphatic rings. The van der Waals surface area contributed by atoms with E-state index < -0.39 is 0 Å². The fraction of sp³-hybridized carbons (Fsp3) is 0.533. The van der Waals surface area contributed by atoms with E-state index in [0.29, 0.717) is 0 Å². The zero-order chi connectivity index (χ0) is 14.8. The van der Waals surface area contributed by atoms with Gasteiger partial charge in [0, 0.05) is 29.2 Å². The van der Waals surface area contributed by atoms with Gasteiger partial charge < -0.3 is 10.3 Å². The monoisotopic (exact) mass is 293 g/mol. The molecule has 0 aliphatic carbocycles. The van der Waals surface area contributed by atoms with E-state index in [1.54, 1.807) is 0 Å². The summed E-state index contributed by atoms with van der Waals surface area (Å²) in [7, 11) is 0. The number of hydrogen-bond donors (Lipinski definition) is 2. The minimum atomic E-state index is 0.120. The second-order valence-electron chi connectivity index (χ2n) is 5.82. The van der Waals surface area contributed by atoms with E-state index in [1.807, 2.05) is 41.8 Å². The molecule has 4 nitrogen and oxygen atoms in total. The van der Waals surface area contributed by atoms with Gasteiger partial charge in [0.05, 0.1) is 5.69 Å². The molecule has 1 saturated heterocycles. The average Bonchev–Trinajstić information content (AvgIpc) is 2.59.